The van der Waals surface area contributed by atoms with Gasteiger partial charge < -0.3 is 5.73 Å². The van der Waals surface area contributed by atoms with Crippen LogP contribution in [0, 0.1) is 5.92 Å². The van der Waals surface area contributed by atoms with E-state index in [1.807, 2.05) is 17.1 Å². The summed E-state index contributed by atoms with van der Waals surface area (Å²) in [5, 5.41) is 4.31. The Morgan fingerprint density at radius 3 is 2.81 bits per heavy atom. The van der Waals surface area contributed by atoms with E-state index in [-0.39, 0.29) is 0 Å². The Hall–Kier alpha value is -1.91. The predicted molar refractivity (Wildman–Crippen MR) is 60.4 cm³/mol. The van der Waals surface area contributed by atoms with Gasteiger partial charge in [0.15, 0.2) is 0 Å². The van der Waals surface area contributed by atoms with Crippen LogP contribution in [0.15, 0.2) is 24.8 Å². The molecular formula is C11H13N5. The largest absolute Gasteiger partial charge is 0.382 e. The highest BCUT2D eigenvalue weighted by Gasteiger charge is 2.22. The maximum absolute atomic E-state index is 5.49. The first-order valence-corrected chi connectivity index (χ1v) is 5.41. The molecule has 5 heteroatoms. The lowest BCUT2D eigenvalue weighted by Crippen LogP contribution is -1.99. The van der Waals surface area contributed by atoms with Crippen molar-refractivity contribution >= 4 is 5.82 Å². The molecule has 1 aliphatic rings. The van der Waals surface area contributed by atoms with E-state index in [2.05, 4.69) is 15.1 Å². The Labute approximate surface area is 93.3 Å². The fourth-order valence-electron chi connectivity index (χ4n) is 1.65. The Morgan fingerprint density at radius 1 is 1.25 bits per heavy atom. The van der Waals surface area contributed by atoms with Crippen LogP contribution in [-0.2, 0) is 6.54 Å². The van der Waals surface area contributed by atoms with Gasteiger partial charge in [-0.05, 0) is 18.8 Å². The van der Waals surface area contributed by atoms with Crippen molar-refractivity contribution in [3.63, 3.8) is 0 Å². The molecule has 0 saturated heterocycles. The molecule has 82 valence electrons. The van der Waals surface area contributed by atoms with Gasteiger partial charge in [0.1, 0.15) is 5.82 Å². The number of anilines is 1. The Kier molecular flexibility index (Phi) is 2.09. The van der Waals surface area contributed by atoms with Gasteiger partial charge in [-0.1, -0.05) is 0 Å². The zero-order valence-electron chi connectivity index (χ0n) is 8.87. The minimum Gasteiger partial charge on any atom is -0.382 e. The number of rotatable bonds is 3. The monoisotopic (exact) mass is 215 g/mol. The van der Waals surface area contributed by atoms with Crippen LogP contribution >= 0.6 is 0 Å². The summed E-state index contributed by atoms with van der Waals surface area (Å²) in [7, 11) is 0. The maximum atomic E-state index is 5.49. The van der Waals surface area contributed by atoms with E-state index in [1.54, 1.807) is 12.4 Å². The van der Waals surface area contributed by atoms with Crippen LogP contribution in [0.1, 0.15) is 12.8 Å². The number of nitrogens with two attached hydrogens (primary N) is 1. The van der Waals surface area contributed by atoms with Crippen LogP contribution in [0.25, 0.3) is 11.3 Å². The first-order valence-electron chi connectivity index (χ1n) is 5.41. The van der Waals surface area contributed by atoms with Crippen LogP contribution in [0.4, 0.5) is 5.82 Å². The molecule has 16 heavy (non-hydrogen) atoms. The van der Waals surface area contributed by atoms with Crippen molar-refractivity contribution < 1.29 is 0 Å². The lowest BCUT2D eigenvalue weighted by Gasteiger charge is -1.97. The van der Waals surface area contributed by atoms with Gasteiger partial charge in [0.05, 0.1) is 24.3 Å². The van der Waals surface area contributed by atoms with Crippen molar-refractivity contribution in [3.8, 4) is 11.3 Å². The van der Waals surface area contributed by atoms with Gasteiger partial charge in [-0.25, -0.2) is 4.98 Å². The molecular weight excluding hydrogens is 202 g/mol. The van der Waals surface area contributed by atoms with Crippen LogP contribution in [-0.4, -0.2) is 19.7 Å². The van der Waals surface area contributed by atoms with Gasteiger partial charge in [-0.2, -0.15) is 5.10 Å². The molecule has 0 spiro atoms. The van der Waals surface area contributed by atoms with Gasteiger partial charge in [-0.3, -0.25) is 9.67 Å². The Balaban J connectivity index is 1.82. The van der Waals surface area contributed by atoms with Crippen LogP contribution in [0.3, 0.4) is 0 Å². The summed E-state index contributed by atoms with van der Waals surface area (Å²) in [6.07, 6.45) is 9.73. The van der Waals surface area contributed by atoms with E-state index in [4.69, 9.17) is 5.73 Å². The average Bonchev–Trinajstić information content (AvgIpc) is 2.97. The molecule has 0 aromatic carbocycles. The molecule has 0 unspecified atom stereocenters. The van der Waals surface area contributed by atoms with Crippen molar-refractivity contribution in [1.29, 1.82) is 0 Å². The van der Waals surface area contributed by atoms with Crippen molar-refractivity contribution in [3.05, 3.63) is 24.8 Å². The zero-order chi connectivity index (χ0) is 11.0. The van der Waals surface area contributed by atoms with Gasteiger partial charge >= 0.3 is 0 Å². The maximum Gasteiger partial charge on any atom is 0.141 e. The molecule has 1 saturated carbocycles. The standard InChI is InChI=1S/C11H13N5/c12-11-5-13-10(4-14-11)9-3-15-16(7-9)6-8-1-2-8/h3-5,7-8H,1-2,6H2,(H2,12,14). The van der Waals surface area contributed by atoms with Crippen molar-refractivity contribution in [2.75, 3.05) is 5.73 Å². The molecule has 2 aromatic heterocycles. The molecule has 5 nitrogen and oxygen atoms in total. The van der Waals surface area contributed by atoms with E-state index >= 15 is 0 Å². The summed E-state index contributed by atoms with van der Waals surface area (Å²) >= 11 is 0. The summed E-state index contributed by atoms with van der Waals surface area (Å²) < 4.78 is 1.98. The average molecular weight is 215 g/mol. The lowest BCUT2D eigenvalue weighted by atomic mass is 10.3. The normalized spacial score (nSPS) is 15.2. The molecule has 2 aromatic rings. The number of nitrogen functional groups attached to an aromatic ring is 1. The number of nitrogens with zero attached hydrogens (tertiary/aromatic N) is 4. The first-order chi connectivity index (χ1) is 7.81. The van der Waals surface area contributed by atoms with E-state index in [1.165, 1.54) is 12.8 Å². The molecule has 1 fully saturated rings. The third-order valence-corrected chi connectivity index (χ3v) is 2.74. The molecule has 0 radical (unpaired) electrons. The molecule has 2 N–H and O–H groups in total. The number of hydrogen-bond donors (Lipinski definition) is 1. The molecule has 1 aliphatic carbocycles. The van der Waals surface area contributed by atoms with Gasteiger partial charge in [0, 0.05) is 18.3 Å². The van der Waals surface area contributed by atoms with Crippen LogP contribution < -0.4 is 5.73 Å². The SMILES string of the molecule is Nc1cnc(-c2cnn(CC3CC3)c2)cn1. The first kappa shape index (κ1) is 9.33. The van der Waals surface area contributed by atoms with E-state index in [9.17, 15) is 0 Å². The Morgan fingerprint density at radius 2 is 2.12 bits per heavy atom. The second-order valence-corrected chi connectivity index (χ2v) is 4.22. The van der Waals surface area contributed by atoms with E-state index in [0.29, 0.717) is 5.82 Å². The fourth-order valence-corrected chi connectivity index (χ4v) is 1.65. The topological polar surface area (TPSA) is 69.6 Å². The molecule has 0 atom stereocenters. The third-order valence-electron chi connectivity index (χ3n) is 2.74. The quantitative estimate of drug-likeness (QED) is 0.838. The summed E-state index contributed by atoms with van der Waals surface area (Å²) in [6, 6.07) is 0. The van der Waals surface area contributed by atoms with Gasteiger partial charge in [-0.15, -0.1) is 0 Å². The second kappa shape index (κ2) is 3.59. The van der Waals surface area contributed by atoms with Gasteiger partial charge in [0.2, 0.25) is 0 Å². The minimum absolute atomic E-state index is 0.439. The summed E-state index contributed by atoms with van der Waals surface area (Å²) in [5.41, 5.74) is 7.30. The highest BCUT2D eigenvalue weighted by molar-refractivity contribution is 5.56. The molecule has 0 amide bonds. The third kappa shape index (κ3) is 1.88. The summed E-state index contributed by atoms with van der Waals surface area (Å²) in [4.78, 5) is 8.23. The molecule has 3 rings (SSSR count). The van der Waals surface area contributed by atoms with E-state index in [0.717, 1.165) is 23.7 Å². The summed E-state index contributed by atoms with van der Waals surface area (Å²) in [5.74, 6) is 1.26. The predicted octanol–water partition coefficient (Wildman–Crippen LogP) is 1.33. The smallest absolute Gasteiger partial charge is 0.141 e. The minimum atomic E-state index is 0.439. The Bertz CT molecular complexity index is 483. The van der Waals surface area contributed by atoms with Crippen molar-refractivity contribution in [2.45, 2.75) is 19.4 Å². The fraction of sp³-hybridized carbons (Fsp3) is 0.364. The molecule has 0 aliphatic heterocycles. The van der Waals surface area contributed by atoms with Crippen LogP contribution in [0.5, 0.6) is 0 Å². The second-order valence-electron chi connectivity index (χ2n) is 4.22. The number of hydrogen-bond acceptors (Lipinski definition) is 4. The number of aromatic nitrogens is 4. The molecule has 2 heterocycles. The van der Waals surface area contributed by atoms with E-state index < -0.39 is 0 Å². The van der Waals surface area contributed by atoms with Gasteiger partial charge in [0.25, 0.3) is 0 Å². The highest BCUT2D eigenvalue weighted by atomic mass is 15.3. The van der Waals surface area contributed by atoms with Crippen molar-refractivity contribution in [1.82, 2.24) is 19.7 Å². The summed E-state index contributed by atoms with van der Waals surface area (Å²) in [6.45, 7) is 1.02. The lowest BCUT2D eigenvalue weighted by molar-refractivity contribution is 0.563. The molecule has 0 bridgehead atoms. The van der Waals surface area contributed by atoms with Crippen molar-refractivity contribution in [2.24, 2.45) is 5.92 Å². The van der Waals surface area contributed by atoms with Crippen LogP contribution in [0.2, 0.25) is 0 Å². The zero-order valence-corrected chi connectivity index (χ0v) is 8.87. The highest BCUT2D eigenvalue weighted by Crippen LogP contribution is 2.30.